The fraction of sp³-hybridized carbons (Fsp3) is 0.385. The third-order valence-corrected chi connectivity index (χ3v) is 3.19. The fourth-order valence-corrected chi connectivity index (χ4v) is 2.08. The van der Waals surface area contributed by atoms with E-state index in [-0.39, 0.29) is 24.8 Å². The summed E-state index contributed by atoms with van der Waals surface area (Å²) in [7, 11) is 0. The Hall–Kier alpha value is -1.72. The van der Waals surface area contributed by atoms with Crippen molar-refractivity contribution < 1.29 is 14.7 Å². The number of rotatable bonds is 4. The fourth-order valence-electron chi connectivity index (χ4n) is 2.08. The standard InChI is InChI=1S/C13H16N2O3/c1-13(8-16,9-5-3-2-4-6-9)15-10-7-11(17)14-12(10)18/h2-6,10,15-16H,7-8H2,1H3,(H,14,17,18). The van der Waals surface area contributed by atoms with Crippen LogP contribution < -0.4 is 10.6 Å². The molecule has 1 aliphatic rings. The van der Waals surface area contributed by atoms with Gasteiger partial charge in [0.2, 0.25) is 11.8 Å². The van der Waals surface area contributed by atoms with E-state index in [4.69, 9.17) is 0 Å². The zero-order chi connectivity index (χ0) is 13.2. The van der Waals surface area contributed by atoms with E-state index >= 15 is 0 Å². The van der Waals surface area contributed by atoms with Crippen molar-refractivity contribution in [3.8, 4) is 0 Å². The first-order valence-corrected chi connectivity index (χ1v) is 5.83. The molecule has 0 aromatic heterocycles. The Morgan fingerprint density at radius 1 is 1.39 bits per heavy atom. The molecule has 1 aromatic carbocycles. The Kier molecular flexibility index (Phi) is 3.45. The van der Waals surface area contributed by atoms with E-state index in [0.717, 1.165) is 5.56 Å². The highest BCUT2D eigenvalue weighted by Crippen LogP contribution is 2.22. The summed E-state index contributed by atoms with van der Waals surface area (Å²) in [6.45, 7) is 1.65. The van der Waals surface area contributed by atoms with E-state index in [1.807, 2.05) is 30.3 Å². The summed E-state index contributed by atoms with van der Waals surface area (Å²) in [4.78, 5) is 22.7. The van der Waals surface area contributed by atoms with Crippen molar-refractivity contribution in [2.75, 3.05) is 6.61 Å². The van der Waals surface area contributed by atoms with Gasteiger partial charge in [-0.1, -0.05) is 30.3 Å². The lowest BCUT2D eigenvalue weighted by atomic mass is 9.91. The van der Waals surface area contributed by atoms with Gasteiger partial charge in [0.1, 0.15) is 0 Å². The number of benzene rings is 1. The van der Waals surface area contributed by atoms with Crippen LogP contribution in [0.1, 0.15) is 18.9 Å². The van der Waals surface area contributed by atoms with Crippen LogP contribution in [0.3, 0.4) is 0 Å². The molecule has 0 bridgehead atoms. The topological polar surface area (TPSA) is 78.4 Å². The number of hydrogen-bond acceptors (Lipinski definition) is 4. The van der Waals surface area contributed by atoms with Gasteiger partial charge in [-0.3, -0.25) is 20.2 Å². The highest BCUT2D eigenvalue weighted by Gasteiger charge is 2.36. The summed E-state index contributed by atoms with van der Waals surface area (Å²) in [5.41, 5.74) is 0.132. The quantitative estimate of drug-likeness (QED) is 0.650. The molecule has 1 fully saturated rings. The largest absolute Gasteiger partial charge is 0.394 e. The van der Waals surface area contributed by atoms with Gasteiger partial charge >= 0.3 is 0 Å². The summed E-state index contributed by atoms with van der Waals surface area (Å²) < 4.78 is 0. The molecule has 0 aliphatic carbocycles. The maximum atomic E-state index is 11.5. The summed E-state index contributed by atoms with van der Waals surface area (Å²) in [6, 6.07) is 8.77. The normalized spacial score (nSPS) is 22.7. The molecule has 5 heteroatoms. The van der Waals surface area contributed by atoms with Gasteiger partial charge in [-0.2, -0.15) is 0 Å². The number of carbonyl (C=O) groups is 2. The minimum Gasteiger partial charge on any atom is -0.394 e. The van der Waals surface area contributed by atoms with Crippen molar-refractivity contribution in [3.63, 3.8) is 0 Å². The highest BCUT2D eigenvalue weighted by molar-refractivity contribution is 6.05. The summed E-state index contributed by atoms with van der Waals surface area (Å²) >= 11 is 0. The Morgan fingerprint density at radius 3 is 2.56 bits per heavy atom. The molecule has 2 rings (SSSR count). The number of hydrogen-bond donors (Lipinski definition) is 3. The molecule has 1 saturated heterocycles. The van der Waals surface area contributed by atoms with Gasteiger partial charge < -0.3 is 5.11 Å². The molecule has 1 aliphatic heterocycles. The maximum Gasteiger partial charge on any atom is 0.244 e. The minimum atomic E-state index is -0.742. The summed E-state index contributed by atoms with van der Waals surface area (Å²) in [6.07, 6.45) is 0.112. The summed E-state index contributed by atoms with van der Waals surface area (Å²) in [5, 5.41) is 14.9. The predicted octanol–water partition coefficient (Wildman–Crippen LogP) is -0.101. The predicted molar refractivity (Wildman–Crippen MR) is 65.6 cm³/mol. The molecule has 2 atom stereocenters. The van der Waals surface area contributed by atoms with Crippen LogP contribution in [0.4, 0.5) is 0 Å². The van der Waals surface area contributed by atoms with Gasteiger partial charge in [0.15, 0.2) is 0 Å². The molecule has 1 heterocycles. The van der Waals surface area contributed by atoms with E-state index in [0.29, 0.717) is 0 Å². The van der Waals surface area contributed by atoms with E-state index in [2.05, 4.69) is 10.6 Å². The van der Waals surface area contributed by atoms with Crippen LogP contribution in [0, 0.1) is 0 Å². The van der Waals surface area contributed by atoms with Crippen molar-refractivity contribution in [2.45, 2.75) is 24.9 Å². The molecular formula is C13H16N2O3. The summed E-state index contributed by atoms with van der Waals surface area (Å²) in [5.74, 6) is -0.624. The Bertz CT molecular complexity index is 461. The molecule has 0 spiro atoms. The van der Waals surface area contributed by atoms with Crippen LogP contribution in [0.15, 0.2) is 30.3 Å². The molecular weight excluding hydrogens is 232 g/mol. The third-order valence-electron chi connectivity index (χ3n) is 3.19. The molecule has 2 amide bonds. The SMILES string of the molecule is CC(CO)(NC1CC(=O)NC1=O)c1ccccc1. The third kappa shape index (κ3) is 2.42. The average Bonchev–Trinajstić information content (AvgIpc) is 2.68. The van der Waals surface area contributed by atoms with Crippen molar-refractivity contribution in [2.24, 2.45) is 0 Å². The highest BCUT2D eigenvalue weighted by atomic mass is 16.3. The van der Waals surface area contributed by atoms with Crippen LogP contribution in [0.2, 0.25) is 0 Å². The number of amides is 2. The minimum absolute atomic E-state index is 0.112. The van der Waals surface area contributed by atoms with Crippen molar-refractivity contribution in [1.29, 1.82) is 0 Å². The second-order valence-electron chi connectivity index (χ2n) is 4.67. The van der Waals surface area contributed by atoms with Crippen molar-refractivity contribution in [1.82, 2.24) is 10.6 Å². The number of aliphatic hydroxyl groups is 1. The van der Waals surface area contributed by atoms with E-state index in [1.54, 1.807) is 6.92 Å². The second-order valence-corrected chi connectivity index (χ2v) is 4.67. The maximum absolute atomic E-state index is 11.5. The van der Waals surface area contributed by atoms with Crippen LogP contribution in [-0.4, -0.2) is 29.6 Å². The van der Waals surface area contributed by atoms with Crippen molar-refractivity contribution in [3.05, 3.63) is 35.9 Å². The zero-order valence-corrected chi connectivity index (χ0v) is 10.1. The second kappa shape index (κ2) is 4.88. The lowest BCUT2D eigenvalue weighted by molar-refractivity contribution is -0.125. The smallest absolute Gasteiger partial charge is 0.244 e. The first kappa shape index (κ1) is 12.7. The van der Waals surface area contributed by atoms with E-state index in [9.17, 15) is 14.7 Å². The first-order chi connectivity index (χ1) is 8.55. The Balaban J connectivity index is 2.19. The number of imide groups is 1. The molecule has 0 saturated carbocycles. The molecule has 1 aromatic rings. The number of aliphatic hydroxyl groups excluding tert-OH is 1. The molecule has 0 radical (unpaired) electrons. The molecule has 18 heavy (non-hydrogen) atoms. The number of nitrogens with one attached hydrogen (secondary N) is 2. The lowest BCUT2D eigenvalue weighted by Crippen LogP contribution is -2.51. The lowest BCUT2D eigenvalue weighted by Gasteiger charge is -2.31. The van der Waals surface area contributed by atoms with Gasteiger partial charge in [-0.15, -0.1) is 0 Å². The number of carbonyl (C=O) groups excluding carboxylic acids is 2. The Morgan fingerprint density at radius 2 is 2.06 bits per heavy atom. The molecule has 5 nitrogen and oxygen atoms in total. The van der Waals surface area contributed by atoms with Gasteiger partial charge in [0, 0.05) is 0 Å². The van der Waals surface area contributed by atoms with Gasteiger partial charge in [0.25, 0.3) is 0 Å². The van der Waals surface area contributed by atoms with Crippen LogP contribution in [-0.2, 0) is 15.1 Å². The van der Waals surface area contributed by atoms with Crippen LogP contribution in [0.5, 0.6) is 0 Å². The van der Waals surface area contributed by atoms with E-state index < -0.39 is 11.6 Å². The average molecular weight is 248 g/mol. The van der Waals surface area contributed by atoms with Gasteiger partial charge in [-0.05, 0) is 12.5 Å². The van der Waals surface area contributed by atoms with E-state index in [1.165, 1.54) is 0 Å². The van der Waals surface area contributed by atoms with Crippen LogP contribution >= 0.6 is 0 Å². The zero-order valence-electron chi connectivity index (χ0n) is 10.1. The van der Waals surface area contributed by atoms with Crippen LogP contribution in [0.25, 0.3) is 0 Å². The van der Waals surface area contributed by atoms with Gasteiger partial charge in [-0.25, -0.2) is 0 Å². The van der Waals surface area contributed by atoms with Gasteiger partial charge in [0.05, 0.1) is 24.6 Å². The first-order valence-electron chi connectivity index (χ1n) is 5.83. The monoisotopic (exact) mass is 248 g/mol. The molecule has 2 unspecified atom stereocenters. The molecule has 96 valence electrons. The molecule has 3 N–H and O–H groups in total. The Labute approximate surface area is 105 Å². The van der Waals surface area contributed by atoms with Crippen molar-refractivity contribution >= 4 is 11.8 Å².